The van der Waals surface area contributed by atoms with E-state index in [0.717, 1.165) is 12.8 Å². The van der Waals surface area contributed by atoms with Crippen LogP contribution in [0, 0.1) is 6.92 Å². The van der Waals surface area contributed by atoms with Crippen molar-refractivity contribution in [3.05, 3.63) is 23.0 Å². The number of hydrogen-bond acceptors (Lipinski definition) is 4. The molecule has 1 N–H and O–H groups in total. The summed E-state index contributed by atoms with van der Waals surface area (Å²) in [5, 5.41) is 9.21. The summed E-state index contributed by atoms with van der Waals surface area (Å²) in [6.07, 6.45) is 3.39. The van der Waals surface area contributed by atoms with E-state index in [2.05, 4.69) is 4.98 Å². The first-order valence-corrected chi connectivity index (χ1v) is 8.48. The first-order chi connectivity index (χ1) is 9.43. The van der Waals surface area contributed by atoms with Crippen LogP contribution in [0.15, 0.2) is 17.2 Å². The highest BCUT2D eigenvalue weighted by atomic mass is 35.5. The van der Waals surface area contributed by atoms with Gasteiger partial charge in [0.2, 0.25) is 10.0 Å². The van der Waals surface area contributed by atoms with Gasteiger partial charge in [0.1, 0.15) is 10.0 Å². The molecule has 0 aliphatic rings. The minimum Gasteiger partial charge on any atom is -0.396 e. The summed E-state index contributed by atoms with van der Waals surface area (Å²) in [6, 6.07) is 1.53. The first kappa shape index (κ1) is 17.4. The molecule has 1 heterocycles. The maximum Gasteiger partial charge on any atom is 0.244 e. The average molecular weight is 321 g/mol. The van der Waals surface area contributed by atoms with Crippen molar-refractivity contribution in [2.45, 2.75) is 38.0 Å². The predicted molar refractivity (Wildman–Crippen MR) is 79.4 cm³/mol. The summed E-state index contributed by atoms with van der Waals surface area (Å²) in [7, 11) is -3.58. The van der Waals surface area contributed by atoms with E-state index in [9.17, 15) is 8.42 Å². The van der Waals surface area contributed by atoms with Gasteiger partial charge in [-0.05, 0) is 31.4 Å². The molecule has 0 amide bonds. The fourth-order valence-corrected chi connectivity index (χ4v) is 3.41. The first-order valence-electron chi connectivity index (χ1n) is 6.66. The van der Waals surface area contributed by atoms with Crippen LogP contribution >= 0.6 is 11.6 Å². The maximum atomic E-state index is 12.6. The van der Waals surface area contributed by atoms with Gasteiger partial charge < -0.3 is 5.11 Å². The molecule has 0 aromatic carbocycles. The lowest BCUT2D eigenvalue weighted by molar-refractivity contribution is 0.268. The third-order valence-electron chi connectivity index (χ3n) is 2.95. The van der Waals surface area contributed by atoms with E-state index in [0.29, 0.717) is 30.2 Å². The summed E-state index contributed by atoms with van der Waals surface area (Å²) in [6.45, 7) is 4.44. The quantitative estimate of drug-likeness (QED) is 0.746. The van der Waals surface area contributed by atoms with Crippen molar-refractivity contribution in [1.82, 2.24) is 9.29 Å². The Labute approximate surface area is 125 Å². The monoisotopic (exact) mass is 320 g/mol. The number of aliphatic hydroxyl groups excluding tert-OH is 1. The number of hydrogen-bond donors (Lipinski definition) is 1. The summed E-state index contributed by atoms with van der Waals surface area (Å²) >= 11 is 5.82. The van der Waals surface area contributed by atoms with Gasteiger partial charge in [-0.25, -0.2) is 13.4 Å². The van der Waals surface area contributed by atoms with E-state index in [1.165, 1.54) is 16.6 Å². The summed E-state index contributed by atoms with van der Waals surface area (Å²) in [4.78, 5) is 4.04. The van der Waals surface area contributed by atoms with Crippen molar-refractivity contribution in [1.29, 1.82) is 0 Å². The van der Waals surface area contributed by atoms with Crippen LogP contribution in [0.4, 0.5) is 0 Å². The van der Waals surface area contributed by atoms with Crippen LogP contribution in [-0.2, 0) is 10.0 Å². The van der Waals surface area contributed by atoms with Crippen LogP contribution in [0.5, 0.6) is 0 Å². The molecule has 0 saturated heterocycles. The number of aliphatic hydroxyl groups is 1. The van der Waals surface area contributed by atoms with Gasteiger partial charge in [-0.3, -0.25) is 0 Å². The molecule has 7 heteroatoms. The molecule has 1 aromatic heterocycles. The van der Waals surface area contributed by atoms with Gasteiger partial charge in [0.25, 0.3) is 0 Å². The molecule has 0 spiro atoms. The van der Waals surface area contributed by atoms with Gasteiger partial charge >= 0.3 is 0 Å². The fourth-order valence-electron chi connectivity index (χ4n) is 1.76. The molecule has 20 heavy (non-hydrogen) atoms. The zero-order valence-electron chi connectivity index (χ0n) is 11.8. The van der Waals surface area contributed by atoms with Gasteiger partial charge in [-0.15, -0.1) is 0 Å². The van der Waals surface area contributed by atoms with E-state index in [-0.39, 0.29) is 11.5 Å². The minimum atomic E-state index is -3.58. The fraction of sp³-hybridized carbons (Fsp3) is 0.615. The van der Waals surface area contributed by atoms with Crippen molar-refractivity contribution >= 4 is 21.6 Å². The zero-order valence-corrected chi connectivity index (χ0v) is 13.4. The van der Waals surface area contributed by atoms with Crippen LogP contribution in [0.1, 0.15) is 31.7 Å². The molecule has 0 fully saturated rings. The minimum absolute atomic E-state index is 0.0317. The summed E-state index contributed by atoms with van der Waals surface area (Å²) < 4.78 is 26.5. The van der Waals surface area contributed by atoms with Crippen molar-refractivity contribution in [2.24, 2.45) is 0 Å². The highest BCUT2D eigenvalue weighted by Gasteiger charge is 2.24. The zero-order chi connectivity index (χ0) is 15.2. The van der Waals surface area contributed by atoms with Gasteiger partial charge in [0, 0.05) is 25.9 Å². The number of nitrogens with zero attached hydrogens (tertiary/aromatic N) is 2. The molecule has 0 atom stereocenters. The van der Waals surface area contributed by atoms with Crippen molar-refractivity contribution in [2.75, 3.05) is 19.7 Å². The number of rotatable bonds is 8. The third kappa shape index (κ3) is 4.41. The number of halogens is 1. The van der Waals surface area contributed by atoms with Crippen LogP contribution in [-0.4, -0.2) is 42.5 Å². The van der Waals surface area contributed by atoms with E-state index in [4.69, 9.17) is 16.7 Å². The molecular weight excluding hydrogens is 300 g/mol. The standard InChI is InChI=1S/C13H21ClN2O3S/c1-3-4-6-16(7-5-8-17)20(18,19)12-9-11(2)13(14)15-10-12/h9-10,17H,3-8H2,1-2H3. The molecule has 0 saturated carbocycles. The van der Waals surface area contributed by atoms with Crippen molar-refractivity contribution in [3.63, 3.8) is 0 Å². The molecule has 0 unspecified atom stereocenters. The lowest BCUT2D eigenvalue weighted by Crippen LogP contribution is -2.33. The van der Waals surface area contributed by atoms with Gasteiger partial charge in [0.15, 0.2) is 0 Å². The van der Waals surface area contributed by atoms with Crippen LogP contribution in [0.2, 0.25) is 5.15 Å². The Balaban J connectivity index is 3.03. The normalized spacial score (nSPS) is 12.1. The van der Waals surface area contributed by atoms with Gasteiger partial charge in [0.05, 0.1) is 0 Å². The van der Waals surface area contributed by atoms with Crippen molar-refractivity contribution < 1.29 is 13.5 Å². The molecule has 0 aliphatic carbocycles. The number of unbranched alkanes of at least 4 members (excludes halogenated alkanes) is 1. The number of aryl methyl sites for hydroxylation is 1. The van der Waals surface area contributed by atoms with Crippen LogP contribution < -0.4 is 0 Å². The highest BCUT2D eigenvalue weighted by molar-refractivity contribution is 7.89. The summed E-state index contributed by atoms with van der Waals surface area (Å²) in [5.74, 6) is 0. The number of aromatic nitrogens is 1. The molecule has 0 bridgehead atoms. The topological polar surface area (TPSA) is 70.5 Å². The van der Waals surface area contributed by atoms with Crippen LogP contribution in [0.3, 0.4) is 0 Å². The molecule has 1 aromatic rings. The second kappa shape index (κ2) is 7.93. The Kier molecular flexibility index (Phi) is 6.88. The van der Waals surface area contributed by atoms with Crippen LogP contribution in [0.25, 0.3) is 0 Å². The largest absolute Gasteiger partial charge is 0.396 e. The average Bonchev–Trinajstić information content (AvgIpc) is 2.41. The molecular formula is C13H21ClN2O3S. The van der Waals surface area contributed by atoms with Gasteiger partial charge in [-0.1, -0.05) is 24.9 Å². The lowest BCUT2D eigenvalue weighted by atomic mass is 10.3. The van der Waals surface area contributed by atoms with Gasteiger partial charge in [-0.2, -0.15) is 4.31 Å². The SMILES string of the molecule is CCCCN(CCCO)S(=O)(=O)c1cnc(Cl)c(C)c1. The Morgan fingerprint density at radius 2 is 2.00 bits per heavy atom. The summed E-state index contributed by atoms with van der Waals surface area (Å²) in [5.41, 5.74) is 0.630. The lowest BCUT2D eigenvalue weighted by Gasteiger charge is -2.21. The smallest absolute Gasteiger partial charge is 0.244 e. The third-order valence-corrected chi connectivity index (χ3v) is 5.21. The molecule has 0 aliphatic heterocycles. The Hall–Kier alpha value is -0.690. The molecule has 0 radical (unpaired) electrons. The van der Waals surface area contributed by atoms with E-state index in [1.54, 1.807) is 6.92 Å². The second-order valence-corrected chi connectivity index (χ2v) is 6.91. The second-order valence-electron chi connectivity index (χ2n) is 4.61. The highest BCUT2D eigenvalue weighted by Crippen LogP contribution is 2.20. The molecule has 1 rings (SSSR count). The van der Waals surface area contributed by atoms with E-state index in [1.807, 2.05) is 6.92 Å². The Morgan fingerprint density at radius 3 is 2.55 bits per heavy atom. The number of pyridine rings is 1. The number of sulfonamides is 1. The van der Waals surface area contributed by atoms with E-state index >= 15 is 0 Å². The van der Waals surface area contributed by atoms with E-state index < -0.39 is 10.0 Å². The Bertz CT molecular complexity index is 526. The van der Waals surface area contributed by atoms with Crippen molar-refractivity contribution in [3.8, 4) is 0 Å². The predicted octanol–water partition coefficient (Wildman–Crippen LogP) is 2.22. The Morgan fingerprint density at radius 1 is 1.35 bits per heavy atom. The maximum absolute atomic E-state index is 12.6. The molecule has 5 nitrogen and oxygen atoms in total. The molecule has 114 valence electrons.